The van der Waals surface area contributed by atoms with E-state index in [1.165, 1.54) is 19.3 Å². The topological polar surface area (TPSA) is 59.3 Å². The molecule has 1 aromatic carbocycles. The van der Waals surface area contributed by atoms with Crippen molar-refractivity contribution in [3.63, 3.8) is 0 Å². The molecule has 3 heterocycles. The molecule has 0 spiro atoms. The Morgan fingerprint density at radius 2 is 1.88 bits per heavy atom. The number of carbonyl (C=O) groups is 1. The highest BCUT2D eigenvalue weighted by molar-refractivity contribution is 5.81. The van der Waals surface area contributed by atoms with Crippen molar-refractivity contribution in [1.82, 2.24) is 19.4 Å². The monoisotopic (exact) mass is 342 g/mol. The van der Waals surface area contributed by atoms with Gasteiger partial charge in [-0.15, -0.1) is 0 Å². The number of rotatable bonds is 4. The van der Waals surface area contributed by atoms with E-state index in [-0.39, 0.29) is 24.2 Å². The maximum Gasteiger partial charge on any atom is 0.329 e. The van der Waals surface area contributed by atoms with Gasteiger partial charge in [-0.05, 0) is 44.9 Å². The molecule has 25 heavy (non-hydrogen) atoms. The molecule has 1 amide bonds. The molecule has 0 unspecified atom stereocenters. The molecule has 2 fully saturated rings. The molecule has 2 saturated heterocycles. The predicted octanol–water partition coefficient (Wildman–Crippen LogP) is 1.57. The van der Waals surface area contributed by atoms with E-state index < -0.39 is 0 Å². The largest absolute Gasteiger partial charge is 0.350 e. The summed E-state index contributed by atoms with van der Waals surface area (Å²) in [5, 5.41) is 3.20. The van der Waals surface area contributed by atoms with Crippen molar-refractivity contribution >= 4 is 16.9 Å². The number of amides is 1. The van der Waals surface area contributed by atoms with Crippen LogP contribution in [0.4, 0.5) is 0 Å². The standard InChI is InChI=1S/C19H26N4O2/c1-2-22-16-8-3-4-9-17(16)23(19(22)25)13-18(24)20-14-10-12-21-11-6-5-7-15(14)21/h3-4,8-9,14-15H,2,5-7,10-13H2,1H3,(H,20,24)/t14-,15+/m1/s1. The van der Waals surface area contributed by atoms with Crippen molar-refractivity contribution in [2.45, 2.75) is 57.8 Å². The fraction of sp³-hybridized carbons (Fsp3) is 0.579. The van der Waals surface area contributed by atoms with Crippen LogP contribution in [-0.2, 0) is 17.9 Å². The fourth-order valence-electron chi connectivity index (χ4n) is 4.54. The Hall–Kier alpha value is -2.08. The number of aryl methyl sites for hydroxylation is 1. The van der Waals surface area contributed by atoms with Gasteiger partial charge in [0.2, 0.25) is 5.91 Å². The molecule has 4 rings (SSSR count). The van der Waals surface area contributed by atoms with E-state index in [4.69, 9.17) is 0 Å². The van der Waals surface area contributed by atoms with Crippen molar-refractivity contribution in [2.75, 3.05) is 13.1 Å². The number of fused-ring (bicyclic) bond motifs is 2. The predicted molar refractivity (Wildman–Crippen MR) is 97.6 cm³/mol. The Balaban J connectivity index is 1.53. The maximum atomic E-state index is 12.7. The lowest BCUT2D eigenvalue weighted by Crippen LogP contribution is -2.48. The van der Waals surface area contributed by atoms with Gasteiger partial charge in [0.25, 0.3) is 0 Å². The van der Waals surface area contributed by atoms with E-state index in [1.807, 2.05) is 31.2 Å². The Kier molecular flexibility index (Phi) is 4.37. The van der Waals surface area contributed by atoms with Crippen LogP contribution in [0.25, 0.3) is 11.0 Å². The van der Waals surface area contributed by atoms with Gasteiger partial charge in [0.05, 0.1) is 11.0 Å². The highest BCUT2D eigenvalue weighted by atomic mass is 16.2. The number of aromatic nitrogens is 2. The lowest BCUT2D eigenvalue weighted by atomic mass is 9.99. The number of hydrogen-bond acceptors (Lipinski definition) is 3. The molecule has 0 bridgehead atoms. The third-order valence-corrected chi connectivity index (χ3v) is 5.75. The molecule has 6 heteroatoms. The average Bonchev–Trinajstić information content (AvgIpc) is 3.15. The second kappa shape index (κ2) is 6.67. The first-order chi connectivity index (χ1) is 12.2. The molecule has 2 aliphatic heterocycles. The highest BCUT2D eigenvalue weighted by Gasteiger charge is 2.36. The zero-order valence-electron chi connectivity index (χ0n) is 14.8. The number of hydrogen-bond donors (Lipinski definition) is 1. The SMILES string of the molecule is CCn1c(=O)n(CC(=O)N[C@@H]2CCN3CCCC[C@@H]23)c2ccccc21. The first-order valence-corrected chi connectivity index (χ1v) is 9.40. The van der Waals surface area contributed by atoms with Gasteiger partial charge in [-0.3, -0.25) is 18.8 Å². The van der Waals surface area contributed by atoms with Crippen LogP contribution in [-0.4, -0.2) is 45.1 Å². The van der Waals surface area contributed by atoms with Gasteiger partial charge in [0.1, 0.15) is 6.54 Å². The minimum atomic E-state index is -0.107. The first kappa shape index (κ1) is 16.4. The molecule has 134 valence electrons. The summed E-state index contributed by atoms with van der Waals surface area (Å²) in [6, 6.07) is 8.39. The summed E-state index contributed by atoms with van der Waals surface area (Å²) in [6.07, 6.45) is 4.70. The number of carbonyl (C=O) groups excluding carboxylic acids is 1. The van der Waals surface area contributed by atoms with E-state index in [0.717, 1.165) is 30.5 Å². The summed E-state index contributed by atoms with van der Waals surface area (Å²) in [7, 11) is 0. The minimum absolute atomic E-state index is 0.0569. The van der Waals surface area contributed by atoms with Crippen LogP contribution in [0.5, 0.6) is 0 Å². The van der Waals surface area contributed by atoms with E-state index in [0.29, 0.717) is 12.6 Å². The summed E-state index contributed by atoms with van der Waals surface area (Å²) in [5.41, 5.74) is 1.61. The molecule has 6 nitrogen and oxygen atoms in total. The Morgan fingerprint density at radius 3 is 2.64 bits per heavy atom. The van der Waals surface area contributed by atoms with Crippen molar-refractivity contribution in [3.8, 4) is 0 Å². The van der Waals surface area contributed by atoms with E-state index in [1.54, 1.807) is 9.13 Å². The average molecular weight is 342 g/mol. The quantitative estimate of drug-likeness (QED) is 0.917. The molecule has 0 radical (unpaired) electrons. The summed E-state index contributed by atoms with van der Waals surface area (Å²) in [4.78, 5) is 27.8. The van der Waals surface area contributed by atoms with Crippen LogP contribution < -0.4 is 11.0 Å². The van der Waals surface area contributed by atoms with Crippen LogP contribution in [0.15, 0.2) is 29.1 Å². The van der Waals surface area contributed by atoms with Gasteiger partial charge in [0, 0.05) is 25.2 Å². The molecular weight excluding hydrogens is 316 g/mol. The number of imidazole rings is 1. The zero-order chi connectivity index (χ0) is 17.4. The van der Waals surface area contributed by atoms with Crippen molar-refractivity contribution in [1.29, 1.82) is 0 Å². The highest BCUT2D eigenvalue weighted by Crippen LogP contribution is 2.27. The Labute approximate surface area is 147 Å². The second-order valence-electron chi connectivity index (χ2n) is 7.16. The molecule has 1 N–H and O–H groups in total. The summed E-state index contributed by atoms with van der Waals surface area (Å²) < 4.78 is 3.32. The number of benzene rings is 1. The minimum Gasteiger partial charge on any atom is -0.350 e. The summed E-state index contributed by atoms with van der Waals surface area (Å²) in [6.45, 7) is 4.88. The second-order valence-corrected chi connectivity index (χ2v) is 7.16. The first-order valence-electron chi connectivity index (χ1n) is 9.40. The molecule has 1 aromatic heterocycles. The zero-order valence-corrected chi connectivity index (χ0v) is 14.8. The van der Waals surface area contributed by atoms with Crippen LogP contribution in [0.2, 0.25) is 0 Å². The van der Waals surface area contributed by atoms with Crippen molar-refractivity contribution in [3.05, 3.63) is 34.7 Å². The molecule has 2 aromatic rings. The molecule has 0 saturated carbocycles. The number of para-hydroxylation sites is 2. The lowest BCUT2D eigenvalue weighted by molar-refractivity contribution is -0.122. The van der Waals surface area contributed by atoms with Crippen LogP contribution in [0.1, 0.15) is 32.6 Å². The number of piperidine rings is 1. The van der Waals surface area contributed by atoms with E-state index in [9.17, 15) is 9.59 Å². The maximum absolute atomic E-state index is 12.7. The summed E-state index contributed by atoms with van der Waals surface area (Å²) >= 11 is 0. The van der Waals surface area contributed by atoms with Crippen molar-refractivity contribution < 1.29 is 4.79 Å². The van der Waals surface area contributed by atoms with Gasteiger partial charge in [-0.25, -0.2) is 4.79 Å². The smallest absolute Gasteiger partial charge is 0.329 e. The normalized spacial score (nSPS) is 23.7. The molecule has 2 aliphatic rings. The lowest BCUT2D eigenvalue weighted by Gasteiger charge is -2.32. The van der Waals surface area contributed by atoms with Gasteiger partial charge < -0.3 is 5.32 Å². The van der Waals surface area contributed by atoms with Crippen LogP contribution in [0, 0.1) is 0 Å². The summed E-state index contributed by atoms with van der Waals surface area (Å²) in [5.74, 6) is -0.0569. The molecule has 0 aliphatic carbocycles. The van der Waals surface area contributed by atoms with Crippen LogP contribution >= 0.6 is 0 Å². The van der Waals surface area contributed by atoms with Crippen molar-refractivity contribution in [2.24, 2.45) is 0 Å². The molecule has 2 atom stereocenters. The Morgan fingerprint density at radius 1 is 1.12 bits per heavy atom. The molecular formula is C19H26N4O2. The van der Waals surface area contributed by atoms with E-state index in [2.05, 4.69) is 10.2 Å². The number of nitrogens with zero attached hydrogens (tertiary/aromatic N) is 3. The number of nitrogens with one attached hydrogen (secondary N) is 1. The third kappa shape index (κ3) is 2.88. The van der Waals surface area contributed by atoms with E-state index >= 15 is 0 Å². The van der Waals surface area contributed by atoms with Gasteiger partial charge in [-0.2, -0.15) is 0 Å². The fourth-order valence-corrected chi connectivity index (χ4v) is 4.54. The van der Waals surface area contributed by atoms with Gasteiger partial charge in [-0.1, -0.05) is 18.6 Å². The van der Waals surface area contributed by atoms with Crippen LogP contribution in [0.3, 0.4) is 0 Å². The third-order valence-electron chi connectivity index (χ3n) is 5.75. The Bertz CT molecular complexity index is 838. The van der Waals surface area contributed by atoms with Gasteiger partial charge >= 0.3 is 5.69 Å². The van der Waals surface area contributed by atoms with Gasteiger partial charge in [0.15, 0.2) is 0 Å².